The van der Waals surface area contributed by atoms with Crippen molar-refractivity contribution in [2.24, 2.45) is 0 Å². The zero-order valence-electron chi connectivity index (χ0n) is 8.95. The van der Waals surface area contributed by atoms with E-state index in [0.29, 0.717) is 0 Å². The SMILES string of the molecule is Cc1ccc(C)c(N2CC[N]CC2)c1. The van der Waals surface area contributed by atoms with E-state index in [1.54, 1.807) is 0 Å². The summed E-state index contributed by atoms with van der Waals surface area (Å²) in [7, 11) is 0. The smallest absolute Gasteiger partial charge is 0.0399 e. The summed E-state index contributed by atoms with van der Waals surface area (Å²) in [5, 5.41) is 4.36. The van der Waals surface area contributed by atoms with Crippen molar-refractivity contribution < 1.29 is 0 Å². The second-order valence-electron chi connectivity index (χ2n) is 3.95. The molecular formula is C12H17N2. The van der Waals surface area contributed by atoms with E-state index in [2.05, 4.69) is 42.3 Å². The second kappa shape index (κ2) is 4.01. The summed E-state index contributed by atoms with van der Waals surface area (Å²) in [4.78, 5) is 2.44. The summed E-state index contributed by atoms with van der Waals surface area (Å²) >= 11 is 0. The molecule has 0 N–H and O–H groups in total. The number of nitrogens with zero attached hydrogens (tertiary/aromatic N) is 2. The molecule has 0 bridgehead atoms. The van der Waals surface area contributed by atoms with Gasteiger partial charge in [0.1, 0.15) is 0 Å². The van der Waals surface area contributed by atoms with Crippen LogP contribution in [0.25, 0.3) is 0 Å². The Bertz CT molecular complexity index is 314. The Morgan fingerprint density at radius 1 is 1.14 bits per heavy atom. The fraction of sp³-hybridized carbons (Fsp3) is 0.500. The highest BCUT2D eigenvalue weighted by atomic mass is 15.2. The molecule has 0 spiro atoms. The molecule has 1 aliphatic heterocycles. The summed E-state index contributed by atoms with van der Waals surface area (Å²) in [6, 6.07) is 6.66. The van der Waals surface area contributed by atoms with Gasteiger partial charge in [-0.3, -0.25) is 0 Å². The number of hydrogen-bond donors (Lipinski definition) is 0. The van der Waals surface area contributed by atoms with E-state index in [1.807, 2.05) is 0 Å². The summed E-state index contributed by atoms with van der Waals surface area (Å²) in [5.74, 6) is 0. The number of piperazine rings is 1. The average Bonchev–Trinajstić information content (AvgIpc) is 2.23. The predicted molar refractivity (Wildman–Crippen MR) is 60.0 cm³/mol. The van der Waals surface area contributed by atoms with E-state index in [1.165, 1.54) is 16.8 Å². The second-order valence-corrected chi connectivity index (χ2v) is 3.95. The van der Waals surface area contributed by atoms with E-state index >= 15 is 0 Å². The number of anilines is 1. The van der Waals surface area contributed by atoms with Gasteiger partial charge in [-0.05, 0) is 31.0 Å². The van der Waals surface area contributed by atoms with Gasteiger partial charge in [0, 0.05) is 31.9 Å². The van der Waals surface area contributed by atoms with Crippen molar-refractivity contribution in [3.63, 3.8) is 0 Å². The van der Waals surface area contributed by atoms with Gasteiger partial charge < -0.3 is 4.90 Å². The molecule has 0 unspecified atom stereocenters. The molecule has 0 amide bonds. The third-order valence-corrected chi connectivity index (χ3v) is 2.76. The maximum absolute atomic E-state index is 4.36. The Morgan fingerprint density at radius 3 is 2.57 bits per heavy atom. The number of rotatable bonds is 1. The Balaban J connectivity index is 2.24. The minimum atomic E-state index is 0.980. The molecule has 2 heteroatoms. The van der Waals surface area contributed by atoms with Crippen LogP contribution in [0.5, 0.6) is 0 Å². The van der Waals surface area contributed by atoms with Crippen molar-refractivity contribution >= 4 is 5.69 Å². The van der Waals surface area contributed by atoms with Crippen molar-refractivity contribution in [2.75, 3.05) is 31.1 Å². The van der Waals surface area contributed by atoms with Crippen LogP contribution in [0.15, 0.2) is 18.2 Å². The average molecular weight is 189 g/mol. The molecule has 75 valence electrons. The highest BCUT2D eigenvalue weighted by Crippen LogP contribution is 2.21. The first-order valence-corrected chi connectivity index (χ1v) is 5.23. The Labute approximate surface area is 85.9 Å². The van der Waals surface area contributed by atoms with Crippen LogP contribution in [-0.2, 0) is 0 Å². The topological polar surface area (TPSA) is 17.3 Å². The predicted octanol–water partition coefficient (Wildman–Crippen LogP) is 1.73. The molecule has 0 saturated carbocycles. The van der Waals surface area contributed by atoms with E-state index in [-0.39, 0.29) is 0 Å². The van der Waals surface area contributed by atoms with Gasteiger partial charge >= 0.3 is 0 Å². The zero-order valence-corrected chi connectivity index (χ0v) is 8.95. The number of hydrogen-bond acceptors (Lipinski definition) is 1. The van der Waals surface area contributed by atoms with Gasteiger partial charge in [0.25, 0.3) is 0 Å². The van der Waals surface area contributed by atoms with Crippen LogP contribution in [-0.4, -0.2) is 26.2 Å². The van der Waals surface area contributed by atoms with Gasteiger partial charge in [-0.2, -0.15) is 0 Å². The van der Waals surface area contributed by atoms with E-state index in [9.17, 15) is 0 Å². The van der Waals surface area contributed by atoms with Crippen LogP contribution in [0.1, 0.15) is 11.1 Å². The van der Waals surface area contributed by atoms with Gasteiger partial charge in [0.15, 0.2) is 0 Å². The maximum atomic E-state index is 4.36. The van der Waals surface area contributed by atoms with Crippen LogP contribution in [0.4, 0.5) is 5.69 Å². The molecule has 1 saturated heterocycles. The molecule has 2 nitrogen and oxygen atoms in total. The highest BCUT2D eigenvalue weighted by Gasteiger charge is 2.12. The molecule has 0 aliphatic carbocycles. The lowest BCUT2D eigenvalue weighted by Gasteiger charge is -2.30. The maximum Gasteiger partial charge on any atom is 0.0399 e. The summed E-state index contributed by atoms with van der Waals surface area (Å²) in [6.07, 6.45) is 0. The van der Waals surface area contributed by atoms with Gasteiger partial charge in [0.05, 0.1) is 0 Å². The van der Waals surface area contributed by atoms with Crippen LogP contribution < -0.4 is 10.2 Å². The molecule has 0 aromatic heterocycles. The quantitative estimate of drug-likeness (QED) is 0.657. The normalized spacial score (nSPS) is 17.1. The fourth-order valence-electron chi connectivity index (χ4n) is 1.91. The number of benzene rings is 1. The van der Waals surface area contributed by atoms with E-state index in [0.717, 1.165) is 26.2 Å². The van der Waals surface area contributed by atoms with Gasteiger partial charge in [0.2, 0.25) is 0 Å². The summed E-state index contributed by atoms with van der Waals surface area (Å²) < 4.78 is 0. The summed E-state index contributed by atoms with van der Waals surface area (Å²) in [6.45, 7) is 8.44. The minimum absolute atomic E-state index is 0.980. The molecule has 1 radical (unpaired) electrons. The highest BCUT2D eigenvalue weighted by molar-refractivity contribution is 5.55. The van der Waals surface area contributed by atoms with Gasteiger partial charge in [-0.25, -0.2) is 5.32 Å². The monoisotopic (exact) mass is 189 g/mol. The zero-order chi connectivity index (χ0) is 9.97. The van der Waals surface area contributed by atoms with E-state index < -0.39 is 0 Å². The first kappa shape index (κ1) is 9.53. The molecule has 1 heterocycles. The van der Waals surface area contributed by atoms with E-state index in [4.69, 9.17) is 0 Å². The first-order chi connectivity index (χ1) is 6.77. The minimum Gasteiger partial charge on any atom is -0.369 e. The molecule has 14 heavy (non-hydrogen) atoms. The lowest BCUT2D eigenvalue weighted by molar-refractivity contribution is 0.578. The fourth-order valence-corrected chi connectivity index (χ4v) is 1.91. The van der Waals surface area contributed by atoms with Crippen LogP contribution in [0.2, 0.25) is 0 Å². The van der Waals surface area contributed by atoms with Crippen LogP contribution in [0.3, 0.4) is 0 Å². The summed E-state index contributed by atoms with van der Waals surface area (Å²) in [5.41, 5.74) is 4.10. The van der Waals surface area contributed by atoms with Crippen molar-refractivity contribution in [3.8, 4) is 0 Å². The molecule has 1 aromatic rings. The van der Waals surface area contributed by atoms with Crippen LogP contribution >= 0.6 is 0 Å². The Hall–Kier alpha value is -1.02. The third-order valence-electron chi connectivity index (χ3n) is 2.76. The van der Waals surface area contributed by atoms with Gasteiger partial charge in [-0.1, -0.05) is 12.1 Å². The lowest BCUT2D eigenvalue weighted by Crippen LogP contribution is -2.40. The van der Waals surface area contributed by atoms with Crippen molar-refractivity contribution in [2.45, 2.75) is 13.8 Å². The van der Waals surface area contributed by atoms with Crippen molar-refractivity contribution in [1.29, 1.82) is 0 Å². The van der Waals surface area contributed by atoms with Gasteiger partial charge in [-0.15, -0.1) is 0 Å². The Kier molecular flexibility index (Phi) is 2.73. The van der Waals surface area contributed by atoms with Crippen molar-refractivity contribution in [1.82, 2.24) is 5.32 Å². The molecule has 1 aromatic carbocycles. The Morgan fingerprint density at radius 2 is 1.86 bits per heavy atom. The molecule has 1 fully saturated rings. The number of aryl methyl sites for hydroxylation is 2. The molecule has 1 aliphatic rings. The van der Waals surface area contributed by atoms with Crippen LogP contribution in [0, 0.1) is 13.8 Å². The lowest BCUT2D eigenvalue weighted by atomic mass is 10.1. The molecule has 2 rings (SSSR count). The molecule has 0 atom stereocenters. The first-order valence-electron chi connectivity index (χ1n) is 5.23. The third kappa shape index (κ3) is 1.90. The molecular weight excluding hydrogens is 172 g/mol. The van der Waals surface area contributed by atoms with Crippen molar-refractivity contribution in [3.05, 3.63) is 29.3 Å². The standard InChI is InChI=1S/C12H17N2/c1-10-3-4-11(2)12(9-10)14-7-5-13-6-8-14/h3-4,9H,5-8H2,1-2H3. The largest absolute Gasteiger partial charge is 0.369 e.